The van der Waals surface area contributed by atoms with Crippen LogP contribution in [-0.2, 0) is 0 Å². The van der Waals surface area contributed by atoms with Crippen molar-refractivity contribution < 1.29 is 10.0 Å². The zero-order valence-electron chi connectivity index (χ0n) is 9.89. The standard InChI is InChI=1S/C11H8ClN5O3/c12-9-5-4-7(15-16-9)10(14-13)6-2-1-3-8(11(6)18)17(19)20/h1-5,10,13,18H. The lowest BCUT2D eigenvalue weighted by Gasteiger charge is -2.11. The van der Waals surface area contributed by atoms with Gasteiger partial charge in [-0.2, -0.15) is 10.2 Å². The number of para-hydroxylation sites is 1. The van der Waals surface area contributed by atoms with Gasteiger partial charge in [0.05, 0.1) is 10.6 Å². The van der Waals surface area contributed by atoms with E-state index in [-0.39, 0.29) is 16.4 Å². The molecule has 1 aromatic heterocycles. The van der Waals surface area contributed by atoms with Crippen LogP contribution >= 0.6 is 11.6 Å². The van der Waals surface area contributed by atoms with Crippen molar-refractivity contribution in [1.82, 2.24) is 10.2 Å². The Hall–Kier alpha value is -2.61. The first-order valence-electron chi connectivity index (χ1n) is 5.36. The normalized spacial score (nSPS) is 11.8. The number of hydrogen-bond donors (Lipinski definition) is 2. The predicted octanol–water partition coefficient (Wildman–Crippen LogP) is 2.86. The van der Waals surface area contributed by atoms with Gasteiger partial charge < -0.3 is 5.11 Å². The molecule has 20 heavy (non-hydrogen) atoms. The van der Waals surface area contributed by atoms with Crippen LogP contribution in [0.25, 0.3) is 0 Å². The van der Waals surface area contributed by atoms with Crippen LogP contribution in [-0.4, -0.2) is 20.2 Å². The van der Waals surface area contributed by atoms with Crippen molar-refractivity contribution in [2.75, 3.05) is 0 Å². The Bertz CT molecular complexity index is 662. The maximum absolute atomic E-state index is 10.8. The second-order valence-corrected chi connectivity index (χ2v) is 4.17. The molecule has 2 aromatic rings. The number of nitro groups is 1. The quantitative estimate of drug-likeness (QED) is 0.509. The molecule has 0 saturated carbocycles. The monoisotopic (exact) mass is 293 g/mol. The fraction of sp³-hybridized carbons (Fsp3) is 0.0909. The largest absolute Gasteiger partial charge is 0.502 e. The molecule has 0 saturated heterocycles. The number of phenols is 1. The van der Waals surface area contributed by atoms with Gasteiger partial charge in [0.15, 0.2) is 10.9 Å². The average molecular weight is 294 g/mol. The summed E-state index contributed by atoms with van der Waals surface area (Å²) in [6.07, 6.45) is 0. The van der Waals surface area contributed by atoms with Crippen LogP contribution < -0.4 is 0 Å². The van der Waals surface area contributed by atoms with Gasteiger partial charge in [0.25, 0.3) is 0 Å². The van der Waals surface area contributed by atoms with E-state index >= 15 is 0 Å². The van der Waals surface area contributed by atoms with E-state index in [0.29, 0.717) is 0 Å². The first-order chi connectivity index (χ1) is 9.54. The van der Waals surface area contributed by atoms with Crippen LogP contribution in [0.5, 0.6) is 5.75 Å². The maximum atomic E-state index is 10.8. The third kappa shape index (κ3) is 2.54. The van der Waals surface area contributed by atoms with Gasteiger partial charge in [-0.3, -0.25) is 10.1 Å². The van der Waals surface area contributed by atoms with Gasteiger partial charge in [-0.05, 0) is 12.1 Å². The molecule has 1 atom stereocenters. The Kier molecular flexibility index (Phi) is 3.85. The number of nitrogens with one attached hydrogen (secondary N) is 1. The van der Waals surface area contributed by atoms with Crippen molar-refractivity contribution >= 4 is 17.3 Å². The zero-order chi connectivity index (χ0) is 14.7. The SMILES string of the molecule is N=NC(c1ccc(Cl)nn1)c1cccc([N+](=O)[O-])c1O. The Morgan fingerprint density at radius 3 is 2.65 bits per heavy atom. The topological polar surface area (TPSA) is 125 Å². The van der Waals surface area contributed by atoms with Crippen molar-refractivity contribution in [3.8, 4) is 5.75 Å². The predicted molar refractivity (Wildman–Crippen MR) is 68.8 cm³/mol. The van der Waals surface area contributed by atoms with E-state index in [4.69, 9.17) is 17.1 Å². The average Bonchev–Trinajstić information content (AvgIpc) is 2.43. The molecule has 0 radical (unpaired) electrons. The highest BCUT2D eigenvalue weighted by Crippen LogP contribution is 2.37. The number of benzene rings is 1. The number of phenolic OH excluding ortho intramolecular Hbond substituents is 1. The third-order valence-electron chi connectivity index (χ3n) is 2.60. The summed E-state index contributed by atoms with van der Waals surface area (Å²) < 4.78 is 0. The fourth-order valence-corrected chi connectivity index (χ4v) is 1.78. The lowest BCUT2D eigenvalue weighted by molar-refractivity contribution is -0.385. The van der Waals surface area contributed by atoms with Crippen LogP contribution in [0, 0.1) is 15.6 Å². The minimum absolute atomic E-state index is 0.103. The summed E-state index contributed by atoms with van der Waals surface area (Å²) in [6, 6.07) is 5.94. The number of aromatic nitrogens is 2. The smallest absolute Gasteiger partial charge is 0.311 e. The van der Waals surface area contributed by atoms with Gasteiger partial charge in [0.2, 0.25) is 0 Å². The summed E-state index contributed by atoms with van der Waals surface area (Å²) in [7, 11) is 0. The van der Waals surface area contributed by atoms with E-state index in [1.807, 2.05) is 0 Å². The number of rotatable bonds is 4. The molecule has 2 N–H and O–H groups in total. The molecule has 102 valence electrons. The molecule has 0 bridgehead atoms. The van der Waals surface area contributed by atoms with Crippen LogP contribution in [0.2, 0.25) is 5.15 Å². The first-order valence-corrected chi connectivity index (χ1v) is 5.74. The molecule has 0 aliphatic heterocycles. The van der Waals surface area contributed by atoms with Gasteiger partial charge >= 0.3 is 5.69 Å². The third-order valence-corrected chi connectivity index (χ3v) is 2.80. The first kappa shape index (κ1) is 13.8. The van der Waals surface area contributed by atoms with Gasteiger partial charge in [-0.1, -0.05) is 23.7 Å². The summed E-state index contributed by atoms with van der Waals surface area (Å²) in [4.78, 5) is 10.1. The van der Waals surface area contributed by atoms with Gasteiger partial charge in [0.1, 0.15) is 6.04 Å². The minimum Gasteiger partial charge on any atom is -0.502 e. The van der Waals surface area contributed by atoms with Crippen LogP contribution in [0.1, 0.15) is 17.3 Å². The van der Waals surface area contributed by atoms with Crippen LogP contribution in [0.15, 0.2) is 35.4 Å². The number of nitrogens with zero attached hydrogens (tertiary/aromatic N) is 4. The number of aromatic hydroxyl groups is 1. The van der Waals surface area contributed by atoms with Crippen molar-refractivity contribution in [3.63, 3.8) is 0 Å². The summed E-state index contributed by atoms with van der Waals surface area (Å²) >= 11 is 5.61. The molecule has 9 heteroatoms. The van der Waals surface area contributed by atoms with E-state index in [2.05, 4.69) is 15.3 Å². The van der Waals surface area contributed by atoms with E-state index < -0.39 is 22.4 Å². The summed E-state index contributed by atoms with van der Waals surface area (Å²) in [6.45, 7) is 0. The molecule has 0 aliphatic carbocycles. The molecule has 0 aliphatic rings. The highest BCUT2D eigenvalue weighted by molar-refractivity contribution is 6.29. The Morgan fingerprint density at radius 1 is 1.35 bits per heavy atom. The molecule has 8 nitrogen and oxygen atoms in total. The van der Waals surface area contributed by atoms with Crippen molar-refractivity contribution in [1.29, 1.82) is 5.53 Å². The van der Waals surface area contributed by atoms with Gasteiger partial charge in [-0.25, -0.2) is 5.53 Å². The molecule has 2 rings (SSSR count). The van der Waals surface area contributed by atoms with E-state index in [1.165, 1.54) is 24.3 Å². The van der Waals surface area contributed by atoms with Gasteiger partial charge in [0, 0.05) is 11.6 Å². The molecule has 1 unspecified atom stereocenters. The molecule has 0 spiro atoms. The van der Waals surface area contributed by atoms with Crippen molar-refractivity contribution in [2.45, 2.75) is 6.04 Å². The highest BCUT2D eigenvalue weighted by atomic mass is 35.5. The lowest BCUT2D eigenvalue weighted by Crippen LogP contribution is -2.03. The van der Waals surface area contributed by atoms with E-state index in [0.717, 1.165) is 6.07 Å². The second-order valence-electron chi connectivity index (χ2n) is 3.78. The summed E-state index contributed by atoms with van der Waals surface area (Å²) in [5.74, 6) is -0.546. The van der Waals surface area contributed by atoms with E-state index in [1.54, 1.807) is 0 Å². The number of halogens is 1. The van der Waals surface area contributed by atoms with Crippen molar-refractivity contribution in [2.24, 2.45) is 5.11 Å². The molecule has 1 aromatic carbocycles. The summed E-state index contributed by atoms with van der Waals surface area (Å²) in [5, 5.41) is 31.6. The second kappa shape index (κ2) is 5.57. The Balaban J connectivity index is 2.52. The fourth-order valence-electron chi connectivity index (χ4n) is 1.68. The Labute approximate surface area is 117 Å². The summed E-state index contributed by atoms with van der Waals surface area (Å²) in [5.41, 5.74) is 7.10. The van der Waals surface area contributed by atoms with Crippen molar-refractivity contribution in [3.05, 3.63) is 56.9 Å². The molecule has 0 fully saturated rings. The lowest BCUT2D eigenvalue weighted by atomic mass is 10.0. The zero-order valence-corrected chi connectivity index (χ0v) is 10.7. The molecule has 1 heterocycles. The minimum atomic E-state index is -0.986. The van der Waals surface area contributed by atoms with Crippen LogP contribution in [0.3, 0.4) is 0 Å². The highest BCUT2D eigenvalue weighted by Gasteiger charge is 2.24. The number of hydrogen-bond acceptors (Lipinski definition) is 7. The Morgan fingerprint density at radius 2 is 2.10 bits per heavy atom. The van der Waals surface area contributed by atoms with E-state index in [9.17, 15) is 15.2 Å². The molecule has 0 amide bonds. The molecular formula is C11H8ClN5O3. The molecular weight excluding hydrogens is 286 g/mol. The maximum Gasteiger partial charge on any atom is 0.311 e. The van der Waals surface area contributed by atoms with Crippen LogP contribution in [0.4, 0.5) is 5.69 Å². The number of nitro benzene ring substituents is 1. The van der Waals surface area contributed by atoms with Gasteiger partial charge in [-0.15, -0.1) is 5.10 Å².